The fourth-order valence-electron chi connectivity index (χ4n) is 1.94. The molecule has 1 heterocycles. The van der Waals surface area contributed by atoms with Crippen LogP contribution >= 0.6 is 15.9 Å². The van der Waals surface area contributed by atoms with E-state index in [1.807, 2.05) is 36.4 Å². The van der Waals surface area contributed by atoms with Gasteiger partial charge in [0.1, 0.15) is 5.75 Å². The predicted molar refractivity (Wildman–Crippen MR) is 83.8 cm³/mol. The van der Waals surface area contributed by atoms with Crippen molar-refractivity contribution in [3.05, 3.63) is 46.9 Å². The number of halogens is 1. The molecule has 1 aromatic heterocycles. The molecule has 0 spiro atoms. The molecule has 2 N–H and O–H groups in total. The first-order chi connectivity index (χ1) is 10.2. The molecule has 0 radical (unpaired) electrons. The minimum absolute atomic E-state index is 0.441. The fourth-order valence-corrected chi connectivity index (χ4v) is 2.48. The smallest absolute Gasteiger partial charge is 0.258 e. The molecule has 2 aromatic carbocycles. The van der Waals surface area contributed by atoms with E-state index in [1.54, 1.807) is 13.2 Å². The lowest BCUT2D eigenvalue weighted by Crippen LogP contribution is -1.87. The Morgan fingerprint density at radius 2 is 2.00 bits per heavy atom. The zero-order chi connectivity index (χ0) is 14.8. The van der Waals surface area contributed by atoms with Gasteiger partial charge in [0, 0.05) is 16.8 Å². The third-order valence-corrected chi connectivity index (χ3v) is 3.59. The average Bonchev–Trinajstić information content (AvgIpc) is 2.97. The van der Waals surface area contributed by atoms with Gasteiger partial charge < -0.3 is 15.0 Å². The standard InChI is InChI=1S/C15H12BrN3O2/c1-20-13-6-5-10(8-12(13)16)15-18-14(19-21-15)9-3-2-4-11(17)7-9/h2-8H,17H2,1H3. The molecule has 3 rings (SSSR count). The number of benzene rings is 2. The van der Waals surface area contributed by atoms with Gasteiger partial charge in [-0.25, -0.2) is 0 Å². The van der Waals surface area contributed by atoms with E-state index in [0.717, 1.165) is 21.3 Å². The van der Waals surface area contributed by atoms with E-state index >= 15 is 0 Å². The van der Waals surface area contributed by atoms with E-state index in [9.17, 15) is 0 Å². The van der Waals surface area contributed by atoms with Gasteiger partial charge in [0.2, 0.25) is 5.82 Å². The van der Waals surface area contributed by atoms with Crippen LogP contribution in [-0.4, -0.2) is 17.3 Å². The van der Waals surface area contributed by atoms with Crippen molar-refractivity contribution in [2.24, 2.45) is 0 Å². The predicted octanol–water partition coefficient (Wildman–Crippen LogP) is 3.76. The van der Waals surface area contributed by atoms with E-state index in [2.05, 4.69) is 26.1 Å². The molecular weight excluding hydrogens is 334 g/mol. The number of hydrogen-bond acceptors (Lipinski definition) is 5. The third kappa shape index (κ3) is 2.75. The summed E-state index contributed by atoms with van der Waals surface area (Å²) in [6.07, 6.45) is 0. The van der Waals surface area contributed by atoms with Crippen LogP contribution in [0, 0.1) is 0 Å². The second kappa shape index (κ2) is 5.57. The Bertz CT molecular complexity index is 786. The molecule has 0 amide bonds. The number of ether oxygens (including phenoxy) is 1. The lowest BCUT2D eigenvalue weighted by molar-refractivity contribution is 0.411. The van der Waals surface area contributed by atoms with E-state index in [0.29, 0.717) is 17.4 Å². The van der Waals surface area contributed by atoms with Crippen LogP contribution in [0.1, 0.15) is 0 Å². The van der Waals surface area contributed by atoms with Gasteiger partial charge in [0.25, 0.3) is 5.89 Å². The lowest BCUT2D eigenvalue weighted by atomic mass is 10.2. The molecule has 0 saturated heterocycles. The topological polar surface area (TPSA) is 74.2 Å². The molecule has 0 fully saturated rings. The summed E-state index contributed by atoms with van der Waals surface area (Å²) in [5, 5.41) is 3.99. The van der Waals surface area contributed by atoms with Crippen molar-refractivity contribution < 1.29 is 9.26 Å². The van der Waals surface area contributed by atoms with Crippen LogP contribution in [0.2, 0.25) is 0 Å². The van der Waals surface area contributed by atoms with Crippen molar-refractivity contribution in [2.45, 2.75) is 0 Å². The van der Waals surface area contributed by atoms with Gasteiger partial charge in [-0.2, -0.15) is 4.98 Å². The van der Waals surface area contributed by atoms with Crippen LogP contribution in [-0.2, 0) is 0 Å². The molecule has 3 aromatic rings. The van der Waals surface area contributed by atoms with E-state index in [-0.39, 0.29) is 0 Å². The summed E-state index contributed by atoms with van der Waals surface area (Å²) in [5.74, 6) is 1.69. The Kier molecular flexibility index (Phi) is 3.62. The van der Waals surface area contributed by atoms with Crippen molar-refractivity contribution >= 4 is 21.6 Å². The van der Waals surface area contributed by atoms with Gasteiger partial charge >= 0.3 is 0 Å². The summed E-state index contributed by atoms with van der Waals surface area (Å²) in [4.78, 5) is 4.39. The molecule has 0 aliphatic heterocycles. The minimum atomic E-state index is 0.441. The van der Waals surface area contributed by atoms with Crippen LogP contribution in [0.5, 0.6) is 5.75 Å². The van der Waals surface area contributed by atoms with Crippen molar-refractivity contribution in [3.63, 3.8) is 0 Å². The quantitative estimate of drug-likeness (QED) is 0.731. The molecular formula is C15H12BrN3O2. The number of nitrogen functional groups attached to an aromatic ring is 1. The van der Waals surface area contributed by atoms with Gasteiger partial charge in [-0.3, -0.25) is 0 Å². The molecule has 6 heteroatoms. The third-order valence-electron chi connectivity index (χ3n) is 2.97. The monoisotopic (exact) mass is 345 g/mol. The van der Waals surface area contributed by atoms with Crippen molar-refractivity contribution in [1.29, 1.82) is 0 Å². The van der Waals surface area contributed by atoms with Crippen LogP contribution in [0.3, 0.4) is 0 Å². The normalized spacial score (nSPS) is 10.6. The zero-order valence-electron chi connectivity index (χ0n) is 11.2. The molecule has 5 nitrogen and oxygen atoms in total. The highest BCUT2D eigenvalue weighted by molar-refractivity contribution is 9.10. The highest BCUT2D eigenvalue weighted by atomic mass is 79.9. The first kappa shape index (κ1) is 13.6. The Morgan fingerprint density at radius 1 is 1.14 bits per heavy atom. The van der Waals surface area contributed by atoms with Crippen molar-refractivity contribution in [2.75, 3.05) is 12.8 Å². The highest BCUT2D eigenvalue weighted by Gasteiger charge is 2.12. The van der Waals surface area contributed by atoms with Gasteiger partial charge in [-0.1, -0.05) is 17.3 Å². The summed E-state index contributed by atoms with van der Waals surface area (Å²) in [5.41, 5.74) is 8.05. The molecule has 0 aliphatic rings. The summed E-state index contributed by atoms with van der Waals surface area (Å²) >= 11 is 3.43. The molecule has 0 bridgehead atoms. The highest BCUT2D eigenvalue weighted by Crippen LogP contribution is 2.30. The van der Waals surface area contributed by atoms with Crippen molar-refractivity contribution in [3.8, 4) is 28.6 Å². The molecule has 0 saturated carbocycles. The Balaban J connectivity index is 1.96. The largest absolute Gasteiger partial charge is 0.496 e. The second-order valence-corrected chi connectivity index (χ2v) is 5.25. The molecule has 106 valence electrons. The van der Waals surface area contributed by atoms with Crippen molar-refractivity contribution in [1.82, 2.24) is 10.1 Å². The van der Waals surface area contributed by atoms with Crippen LogP contribution < -0.4 is 10.5 Å². The number of rotatable bonds is 3. The maximum absolute atomic E-state index is 5.76. The van der Waals surface area contributed by atoms with Gasteiger partial charge in [-0.15, -0.1) is 0 Å². The van der Waals surface area contributed by atoms with E-state index in [4.69, 9.17) is 15.0 Å². The summed E-state index contributed by atoms with van der Waals surface area (Å²) in [7, 11) is 1.62. The Morgan fingerprint density at radius 3 is 2.71 bits per heavy atom. The SMILES string of the molecule is COc1ccc(-c2nc(-c3cccc(N)c3)no2)cc1Br. The first-order valence-electron chi connectivity index (χ1n) is 6.21. The number of aromatic nitrogens is 2. The maximum Gasteiger partial charge on any atom is 0.258 e. The van der Waals surface area contributed by atoms with Crippen LogP contribution in [0.15, 0.2) is 51.5 Å². The first-order valence-corrected chi connectivity index (χ1v) is 7.00. The Hall–Kier alpha value is -2.34. The van der Waals surface area contributed by atoms with Gasteiger partial charge in [-0.05, 0) is 46.3 Å². The number of hydrogen-bond donors (Lipinski definition) is 1. The summed E-state index contributed by atoms with van der Waals surface area (Å²) < 4.78 is 11.3. The number of anilines is 1. The molecule has 0 unspecified atom stereocenters. The Labute approximate surface area is 129 Å². The maximum atomic E-state index is 5.76. The molecule has 0 aliphatic carbocycles. The van der Waals surface area contributed by atoms with Crippen LogP contribution in [0.4, 0.5) is 5.69 Å². The van der Waals surface area contributed by atoms with Gasteiger partial charge in [0.05, 0.1) is 11.6 Å². The fraction of sp³-hybridized carbons (Fsp3) is 0.0667. The summed E-state index contributed by atoms with van der Waals surface area (Å²) in [6.45, 7) is 0. The zero-order valence-corrected chi connectivity index (χ0v) is 12.8. The average molecular weight is 346 g/mol. The number of methoxy groups -OCH3 is 1. The van der Waals surface area contributed by atoms with Crippen LogP contribution in [0.25, 0.3) is 22.8 Å². The minimum Gasteiger partial charge on any atom is -0.496 e. The number of nitrogens with two attached hydrogens (primary N) is 1. The molecule has 21 heavy (non-hydrogen) atoms. The molecule has 0 atom stereocenters. The number of nitrogens with zero attached hydrogens (tertiary/aromatic N) is 2. The summed E-state index contributed by atoms with van der Waals surface area (Å²) in [6, 6.07) is 12.9. The lowest BCUT2D eigenvalue weighted by Gasteiger charge is -2.03. The van der Waals surface area contributed by atoms with E-state index in [1.165, 1.54) is 0 Å². The second-order valence-electron chi connectivity index (χ2n) is 4.40. The van der Waals surface area contributed by atoms with Gasteiger partial charge in [0.15, 0.2) is 0 Å². The van der Waals surface area contributed by atoms with E-state index < -0.39 is 0 Å².